The van der Waals surface area contributed by atoms with Crippen LogP contribution in [0.3, 0.4) is 0 Å². The van der Waals surface area contributed by atoms with Crippen molar-refractivity contribution in [2.45, 2.75) is 20.8 Å². The summed E-state index contributed by atoms with van der Waals surface area (Å²) in [5.74, 6) is -0.0985. The van der Waals surface area contributed by atoms with Crippen LogP contribution in [0.1, 0.15) is 28.7 Å². The van der Waals surface area contributed by atoms with Crippen LogP contribution in [0.25, 0.3) is 0 Å². The largest absolute Gasteiger partial charge is 0.307 e. The maximum absolute atomic E-state index is 12.5. The van der Waals surface area contributed by atoms with Crippen LogP contribution in [-0.4, -0.2) is 22.4 Å². The van der Waals surface area contributed by atoms with Gasteiger partial charge in [0.1, 0.15) is 12.0 Å². The third-order valence-corrected chi connectivity index (χ3v) is 2.90. The second kappa shape index (κ2) is 5.61. The molecule has 0 bridgehead atoms. The lowest BCUT2D eigenvalue weighted by Crippen LogP contribution is -2.31. The molecule has 0 unspecified atom stereocenters. The fourth-order valence-electron chi connectivity index (χ4n) is 1.95. The molecule has 98 valence electrons. The van der Waals surface area contributed by atoms with Gasteiger partial charge in [0.05, 0.1) is 0 Å². The first-order valence-electron chi connectivity index (χ1n) is 6.29. The van der Waals surface area contributed by atoms with Crippen LogP contribution in [0.15, 0.2) is 36.7 Å². The lowest BCUT2D eigenvalue weighted by molar-refractivity contribution is 0.0983. The molecule has 19 heavy (non-hydrogen) atoms. The molecular formula is C15H17N3O. The quantitative estimate of drug-likeness (QED) is 0.847. The maximum Gasteiger partial charge on any atom is 0.276 e. The molecule has 4 nitrogen and oxygen atoms in total. The Morgan fingerprint density at radius 1 is 1.21 bits per heavy atom. The number of benzene rings is 1. The van der Waals surface area contributed by atoms with Crippen molar-refractivity contribution >= 4 is 11.6 Å². The second-order valence-electron chi connectivity index (χ2n) is 4.43. The van der Waals surface area contributed by atoms with E-state index in [0.717, 1.165) is 16.9 Å². The van der Waals surface area contributed by atoms with Gasteiger partial charge in [0.15, 0.2) is 0 Å². The van der Waals surface area contributed by atoms with Crippen molar-refractivity contribution < 1.29 is 4.79 Å². The Balaban J connectivity index is 2.34. The topological polar surface area (TPSA) is 46.1 Å². The number of anilines is 1. The number of amides is 1. The smallest absolute Gasteiger partial charge is 0.276 e. The summed E-state index contributed by atoms with van der Waals surface area (Å²) in [6.07, 6.45) is 1.42. The number of aromatic nitrogens is 2. The fraction of sp³-hybridized carbons (Fsp3) is 0.267. The van der Waals surface area contributed by atoms with Gasteiger partial charge in [0.2, 0.25) is 0 Å². The van der Waals surface area contributed by atoms with E-state index < -0.39 is 0 Å². The Morgan fingerprint density at radius 2 is 2.00 bits per heavy atom. The van der Waals surface area contributed by atoms with Crippen molar-refractivity contribution in [3.8, 4) is 0 Å². The number of hydrogen-bond donors (Lipinski definition) is 0. The van der Waals surface area contributed by atoms with Crippen LogP contribution < -0.4 is 4.90 Å². The van der Waals surface area contributed by atoms with E-state index in [4.69, 9.17) is 0 Å². The van der Waals surface area contributed by atoms with Gasteiger partial charge in [-0.2, -0.15) is 0 Å². The van der Waals surface area contributed by atoms with Crippen LogP contribution >= 0.6 is 0 Å². The van der Waals surface area contributed by atoms with E-state index in [2.05, 4.69) is 9.97 Å². The van der Waals surface area contributed by atoms with Gasteiger partial charge >= 0.3 is 0 Å². The number of carbonyl (C=O) groups excluding carboxylic acids is 1. The zero-order valence-electron chi connectivity index (χ0n) is 11.4. The Labute approximate surface area is 113 Å². The highest BCUT2D eigenvalue weighted by atomic mass is 16.2. The molecule has 0 atom stereocenters. The van der Waals surface area contributed by atoms with Crippen LogP contribution in [0, 0.1) is 13.8 Å². The molecule has 0 aliphatic carbocycles. The van der Waals surface area contributed by atoms with Gasteiger partial charge in [-0.05, 0) is 44.5 Å². The van der Waals surface area contributed by atoms with Crippen LogP contribution in [0.2, 0.25) is 0 Å². The molecule has 0 aliphatic heterocycles. The third-order valence-electron chi connectivity index (χ3n) is 2.90. The highest BCUT2D eigenvalue weighted by Crippen LogP contribution is 2.17. The minimum atomic E-state index is -0.0985. The average molecular weight is 255 g/mol. The van der Waals surface area contributed by atoms with E-state index >= 15 is 0 Å². The van der Waals surface area contributed by atoms with Crippen molar-refractivity contribution in [1.82, 2.24) is 9.97 Å². The Bertz CT molecular complexity index is 595. The molecule has 1 heterocycles. The summed E-state index contributed by atoms with van der Waals surface area (Å²) < 4.78 is 0. The van der Waals surface area contributed by atoms with Crippen molar-refractivity contribution in [3.63, 3.8) is 0 Å². The zero-order valence-corrected chi connectivity index (χ0v) is 11.4. The molecule has 0 fully saturated rings. The minimum Gasteiger partial charge on any atom is -0.307 e. The van der Waals surface area contributed by atoms with E-state index in [-0.39, 0.29) is 5.91 Å². The predicted octanol–water partition coefficient (Wildman–Crippen LogP) is 2.76. The maximum atomic E-state index is 12.5. The highest BCUT2D eigenvalue weighted by molar-refractivity contribution is 6.04. The Kier molecular flexibility index (Phi) is 3.90. The summed E-state index contributed by atoms with van der Waals surface area (Å²) in [4.78, 5) is 22.3. The minimum absolute atomic E-state index is 0.0985. The van der Waals surface area contributed by atoms with E-state index in [1.54, 1.807) is 11.0 Å². The number of rotatable bonds is 3. The summed E-state index contributed by atoms with van der Waals surface area (Å²) in [5.41, 5.74) is 3.24. The number of carbonyl (C=O) groups is 1. The lowest BCUT2D eigenvalue weighted by atomic mass is 10.2. The Hall–Kier alpha value is -2.23. The SMILES string of the molecule is CCN(C(=O)c1cc(C)ncn1)c1cccc(C)c1. The summed E-state index contributed by atoms with van der Waals surface area (Å²) >= 11 is 0. The fourth-order valence-corrected chi connectivity index (χ4v) is 1.95. The number of hydrogen-bond acceptors (Lipinski definition) is 3. The molecule has 2 aromatic rings. The third kappa shape index (κ3) is 2.96. The molecule has 0 saturated heterocycles. The van der Waals surface area contributed by atoms with Gasteiger partial charge in [-0.15, -0.1) is 0 Å². The van der Waals surface area contributed by atoms with Gasteiger partial charge in [-0.25, -0.2) is 9.97 Å². The first kappa shape index (κ1) is 13.2. The summed E-state index contributed by atoms with van der Waals surface area (Å²) in [5, 5.41) is 0. The zero-order chi connectivity index (χ0) is 13.8. The first-order valence-corrected chi connectivity index (χ1v) is 6.29. The van der Waals surface area contributed by atoms with Crippen molar-refractivity contribution in [2.75, 3.05) is 11.4 Å². The highest BCUT2D eigenvalue weighted by Gasteiger charge is 2.17. The van der Waals surface area contributed by atoms with Gasteiger partial charge in [-0.3, -0.25) is 4.79 Å². The van der Waals surface area contributed by atoms with Crippen LogP contribution in [0.4, 0.5) is 5.69 Å². The van der Waals surface area contributed by atoms with E-state index in [1.165, 1.54) is 6.33 Å². The Morgan fingerprint density at radius 3 is 2.63 bits per heavy atom. The molecule has 1 aromatic heterocycles. The summed E-state index contributed by atoms with van der Waals surface area (Å²) in [7, 11) is 0. The van der Waals surface area contributed by atoms with Gasteiger partial charge in [0, 0.05) is 17.9 Å². The van der Waals surface area contributed by atoms with Crippen molar-refractivity contribution in [2.24, 2.45) is 0 Å². The summed E-state index contributed by atoms with van der Waals surface area (Å²) in [6, 6.07) is 9.60. The van der Waals surface area contributed by atoms with E-state index in [1.807, 2.05) is 45.0 Å². The standard InChI is InChI=1S/C15H17N3O/c1-4-18(13-7-5-6-11(2)8-13)15(19)14-9-12(3)16-10-17-14/h5-10H,4H2,1-3H3. The molecule has 1 aromatic carbocycles. The van der Waals surface area contributed by atoms with Gasteiger partial charge in [0.25, 0.3) is 5.91 Å². The molecule has 0 radical (unpaired) electrons. The van der Waals surface area contributed by atoms with Crippen molar-refractivity contribution in [1.29, 1.82) is 0 Å². The number of aryl methyl sites for hydroxylation is 2. The molecule has 0 aliphatic rings. The molecule has 1 amide bonds. The van der Waals surface area contributed by atoms with E-state index in [9.17, 15) is 4.79 Å². The first-order chi connectivity index (χ1) is 9.11. The lowest BCUT2D eigenvalue weighted by Gasteiger charge is -2.21. The monoisotopic (exact) mass is 255 g/mol. The van der Waals surface area contributed by atoms with Crippen molar-refractivity contribution in [3.05, 3.63) is 53.6 Å². The van der Waals surface area contributed by atoms with Gasteiger partial charge < -0.3 is 4.90 Å². The van der Waals surface area contributed by atoms with Crippen LogP contribution in [-0.2, 0) is 0 Å². The summed E-state index contributed by atoms with van der Waals surface area (Å²) in [6.45, 7) is 6.41. The second-order valence-corrected chi connectivity index (χ2v) is 4.43. The molecule has 0 N–H and O–H groups in total. The van der Waals surface area contributed by atoms with Crippen LogP contribution in [0.5, 0.6) is 0 Å². The molecular weight excluding hydrogens is 238 g/mol. The molecule has 4 heteroatoms. The normalized spacial score (nSPS) is 10.3. The molecule has 0 spiro atoms. The van der Waals surface area contributed by atoms with E-state index in [0.29, 0.717) is 12.2 Å². The number of nitrogens with zero attached hydrogens (tertiary/aromatic N) is 3. The molecule has 2 rings (SSSR count). The predicted molar refractivity (Wildman–Crippen MR) is 75.3 cm³/mol. The molecule has 0 saturated carbocycles. The van der Waals surface area contributed by atoms with Gasteiger partial charge in [-0.1, -0.05) is 12.1 Å². The average Bonchev–Trinajstić information content (AvgIpc) is 2.39.